The summed E-state index contributed by atoms with van der Waals surface area (Å²) < 4.78 is 1.22. The average Bonchev–Trinajstić information content (AvgIpc) is 2.99. The van der Waals surface area contributed by atoms with E-state index in [1.165, 1.54) is 10.3 Å². The molecular weight excluding hydrogens is 318 g/mol. The summed E-state index contributed by atoms with van der Waals surface area (Å²) in [4.78, 5) is 16.7. The molecule has 1 atom stereocenters. The number of carbonyl (C=O) groups is 1. The third-order valence-corrected chi connectivity index (χ3v) is 4.91. The number of hydrogen-bond donors (Lipinski definition) is 2. The van der Waals surface area contributed by atoms with Gasteiger partial charge in [-0.05, 0) is 36.9 Å². The smallest absolute Gasteiger partial charge is 0.228 e. The highest BCUT2D eigenvalue weighted by molar-refractivity contribution is 7.18. The lowest BCUT2D eigenvalue weighted by Crippen LogP contribution is -2.28. The van der Waals surface area contributed by atoms with Gasteiger partial charge < -0.3 is 10.6 Å². The van der Waals surface area contributed by atoms with Crippen LogP contribution in [-0.4, -0.2) is 24.5 Å². The van der Waals surface area contributed by atoms with Crippen molar-refractivity contribution >= 4 is 33.1 Å². The number of thiazole rings is 1. The number of para-hydroxylation sites is 1. The predicted molar refractivity (Wildman–Crippen MR) is 101 cm³/mol. The van der Waals surface area contributed by atoms with Crippen LogP contribution in [0, 0.1) is 5.92 Å². The monoisotopic (exact) mass is 339 g/mol. The number of carbonyl (C=O) groups excluding carboxylic acids is 1. The van der Waals surface area contributed by atoms with Crippen molar-refractivity contribution < 1.29 is 4.79 Å². The second-order valence-electron chi connectivity index (χ2n) is 5.90. The highest BCUT2D eigenvalue weighted by atomic mass is 32.1. The lowest BCUT2D eigenvalue weighted by Gasteiger charge is -2.11. The molecule has 0 fully saturated rings. The molecule has 5 heteroatoms. The van der Waals surface area contributed by atoms with Gasteiger partial charge in [-0.1, -0.05) is 31.2 Å². The van der Waals surface area contributed by atoms with E-state index in [4.69, 9.17) is 0 Å². The average molecular weight is 339 g/mol. The first-order chi connectivity index (χ1) is 11.7. The SMILES string of the molecule is CNCC(C)C(=O)Nc1ccc(Cc2nc3ccccc3s2)cc1. The number of fused-ring (bicyclic) bond motifs is 1. The molecule has 0 saturated carbocycles. The van der Waals surface area contributed by atoms with Gasteiger partial charge >= 0.3 is 0 Å². The molecule has 2 aromatic carbocycles. The molecule has 0 aliphatic carbocycles. The highest BCUT2D eigenvalue weighted by Gasteiger charge is 2.12. The molecule has 3 rings (SSSR count). The van der Waals surface area contributed by atoms with Gasteiger partial charge in [-0.25, -0.2) is 4.98 Å². The molecule has 3 aromatic rings. The molecular formula is C19H21N3OS. The standard InChI is InChI=1S/C19H21N3OS/c1-13(12-20-2)19(23)21-15-9-7-14(8-10-15)11-18-22-16-5-3-4-6-17(16)24-18/h3-10,13,20H,11-12H2,1-2H3,(H,21,23). The number of amides is 1. The predicted octanol–water partition coefficient (Wildman–Crippen LogP) is 3.68. The minimum Gasteiger partial charge on any atom is -0.326 e. The first kappa shape index (κ1) is 16.6. The van der Waals surface area contributed by atoms with Crippen molar-refractivity contribution in [3.05, 3.63) is 59.1 Å². The number of aromatic nitrogens is 1. The quantitative estimate of drug-likeness (QED) is 0.720. The van der Waals surface area contributed by atoms with Crippen molar-refractivity contribution in [2.24, 2.45) is 5.92 Å². The molecule has 1 aromatic heterocycles. The first-order valence-electron chi connectivity index (χ1n) is 8.04. The van der Waals surface area contributed by atoms with Crippen LogP contribution in [0.2, 0.25) is 0 Å². The van der Waals surface area contributed by atoms with Gasteiger partial charge in [0.2, 0.25) is 5.91 Å². The van der Waals surface area contributed by atoms with Crippen LogP contribution in [0.15, 0.2) is 48.5 Å². The Kier molecular flexibility index (Phi) is 5.23. The fourth-order valence-electron chi connectivity index (χ4n) is 2.54. The van der Waals surface area contributed by atoms with Gasteiger partial charge in [-0.2, -0.15) is 0 Å². The molecule has 1 heterocycles. The number of anilines is 1. The topological polar surface area (TPSA) is 54.0 Å². The summed E-state index contributed by atoms with van der Waals surface area (Å²) in [6, 6.07) is 16.2. The molecule has 0 spiro atoms. The third-order valence-electron chi connectivity index (χ3n) is 3.87. The molecule has 4 nitrogen and oxygen atoms in total. The summed E-state index contributed by atoms with van der Waals surface area (Å²) in [6.07, 6.45) is 0.809. The van der Waals surface area contributed by atoms with Gasteiger partial charge in [-0.3, -0.25) is 4.79 Å². The second kappa shape index (κ2) is 7.55. The van der Waals surface area contributed by atoms with Gasteiger partial charge in [-0.15, -0.1) is 11.3 Å². The van der Waals surface area contributed by atoms with Crippen LogP contribution in [0.25, 0.3) is 10.2 Å². The van der Waals surface area contributed by atoms with E-state index in [2.05, 4.69) is 21.7 Å². The van der Waals surface area contributed by atoms with E-state index in [-0.39, 0.29) is 11.8 Å². The summed E-state index contributed by atoms with van der Waals surface area (Å²) in [5, 5.41) is 7.07. The van der Waals surface area contributed by atoms with Crippen LogP contribution in [0.1, 0.15) is 17.5 Å². The Morgan fingerprint density at radius 1 is 1.17 bits per heavy atom. The Labute approximate surface area is 145 Å². The van der Waals surface area contributed by atoms with Gasteiger partial charge in [0.15, 0.2) is 0 Å². The normalized spacial score (nSPS) is 12.2. The van der Waals surface area contributed by atoms with E-state index >= 15 is 0 Å². The molecule has 1 unspecified atom stereocenters. The second-order valence-corrected chi connectivity index (χ2v) is 7.01. The number of nitrogens with zero attached hydrogens (tertiary/aromatic N) is 1. The number of nitrogens with one attached hydrogen (secondary N) is 2. The molecule has 124 valence electrons. The molecule has 2 N–H and O–H groups in total. The summed E-state index contributed by atoms with van der Waals surface area (Å²) in [6.45, 7) is 2.58. The molecule has 0 radical (unpaired) electrons. The molecule has 0 bridgehead atoms. The number of hydrogen-bond acceptors (Lipinski definition) is 4. The zero-order valence-corrected chi connectivity index (χ0v) is 14.7. The molecule has 1 amide bonds. The molecule has 24 heavy (non-hydrogen) atoms. The molecule has 0 aliphatic heterocycles. The van der Waals surface area contributed by atoms with Crippen molar-refractivity contribution in [3.63, 3.8) is 0 Å². The summed E-state index contributed by atoms with van der Waals surface area (Å²) in [5.74, 6) is -0.0271. The van der Waals surface area contributed by atoms with E-state index in [0.717, 1.165) is 22.6 Å². The van der Waals surface area contributed by atoms with Gasteiger partial charge in [0.05, 0.1) is 15.2 Å². The van der Waals surface area contributed by atoms with E-state index in [0.29, 0.717) is 6.54 Å². The van der Waals surface area contributed by atoms with Gasteiger partial charge in [0, 0.05) is 24.6 Å². The van der Waals surface area contributed by atoms with E-state index in [9.17, 15) is 4.79 Å². The van der Waals surface area contributed by atoms with Crippen molar-refractivity contribution in [3.8, 4) is 0 Å². The summed E-state index contributed by atoms with van der Waals surface area (Å²) >= 11 is 1.73. The fraction of sp³-hybridized carbons (Fsp3) is 0.263. The Bertz CT molecular complexity index is 793. The molecule has 0 aliphatic rings. The minimum absolute atomic E-state index is 0.0308. The maximum atomic E-state index is 12.0. The number of benzene rings is 2. The van der Waals surface area contributed by atoms with E-state index < -0.39 is 0 Å². The van der Waals surface area contributed by atoms with Crippen molar-refractivity contribution in [1.29, 1.82) is 0 Å². The maximum Gasteiger partial charge on any atom is 0.228 e. The van der Waals surface area contributed by atoms with Crippen LogP contribution >= 0.6 is 11.3 Å². The van der Waals surface area contributed by atoms with Crippen molar-refractivity contribution in [1.82, 2.24) is 10.3 Å². The minimum atomic E-state index is -0.0579. The van der Waals surface area contributed by atoms with Crippen LogP contribution < -0.4 is 10.6 Å². The lowest BCUT2D eigenvalue weighted by atomic mass is 10.1. The largest absolute Gasteiger partial charge is 0.326 e. The Balaban J connectivity index is 1.65. The Morgan fingerprint density at radius 3 is 2.62 bits per heavy atom. The van der Waals surface area contributed by atoms with Gasteiger partial charge in [0.25, 0.3) is 0 Å². The molecule has 0 saturated heterocycles. The van der Waals surface area contributed by atoms with Crippen LogP contribution in [0.5, 0.6) is 0 Å². The van der Waals surface area contributed by atoms with E-state index in [1.807, 2.05) is 56.4 Å². The maximum absolute atomic E-state index is 12.0. The highest BCUT2D eigenvalue weighted by Crippen LogP contribution is 2.24. The summed E-state index contributed by atoms with van der Waals surface area (Å²) in [5.41, 5.74) is 3.08. The zero-order chi connectivity index (χ0) is 16.9. The summed E-state index contributed by atoms with van der Waals surface area (Å²) in [7, 11) is 1.85. The van der Waals surface area contributed by atoms with Gasteiger partial charge in [0.1, 0.15) is 0 Å². The van der Waals surface area contributed by atoms with Crippen LogP contribution in [-0.2, 0) is 11.2 Å². The fourth-order valence-corrected chi connectivity index (χ4v) is 3.54. The van der Waals surface area contributed by atoms with Crippen molar-refractivity contribution in [2.75, 3.05) is 18.9 Å². The lowest BCUT2D eigenvalue weighted by molar-refractivity contribution is -0.119. The first-order valence-corrected chi connectivity index (χ1v) is 8.86. The van der Waals surface area contributed by atoms with Crippen LogP contribution in [0.3, 0.4) is 0 Å². The number of rotatable bonds is 6. The third kappa shape index (κ3) is 3.99. The Hall–Kier alpha value is -2.24. The Morgan fingerprint density at radius 2 is 1.92 bits per heavy atom. The van der Waals surface area contributed by atoms with E-state index in [1.54, 1.807) is 11.3 Å². The van der Waals surface area contributed by atoms with Crippen molar-refractivity contribution in [2.45, 2.75) is 13.3 Å². The zero-order valence-electron chi connectivity index (χ0n) is 13.9. The van der Waals surface area contributed by atoms with Crippen LogP contribution in [0.4, 0.5) is 5.69 Å².